The van der Waals surface area contributed by atoms with Crippen LogP contribution in [-0.4, -0.2) is 18.9 Å². The van der Waals surface area contributed by atoms with Gasteiger partial charge in [0.15, 0.2) is 11.5 Å². The van der Waals surface area contributed by atoms with Gasteiger partial charge < -0.3 is 9.47 Å². The fourth-order valence-corrected chi connectivity index (χ4v) is 2.21. The minimum absolute atomic E-state index is 0.198. The Balaban J connectivity index is 1.74. The van der Waals surface area contributed by atoms with Crippen LogP contribution in [0.2, 0.25) is 0 Å². The van der Waals surface area contributed by atoms with Crippen LogP contribution in [-0.2, 0) is 0 Å². The average molecular weight is 316 g/mol. The van der Waals surface area contributed by atoms with Crippen LogP contribution in [0, 0.1) is 5.92 Å². The molecule has 0 spiro atoms. The third kappa shape index (κ3) is 5.43. The second-order valence-electron chi connectivity index (χ2n) is 6.02. The molecule has 5 nitrogen and oxygen atoms in total. The molecule has 5 heteroatoms. The Morgan fingerprint density at radius 2 is 2.13 bits per heavy atom. The Hall–Kier alpha value is -2.30. The van der Waals surface area contributed by atoms with E-state index in [2.05, 4.69) is 37.4 Å². The molecule has 0 aromatic heterocycles. The molecule has 124 valence electrons. The molecule has 1 aromatic rings. The monoisotopic (exact) mass is 316 g/mol. The van der Waals surface area contributed by atoms with Crippen molar-refractivity contribution in [3.8, 4) is 11.5 Å². The number of benzene rings is 1. The van der Waals surface area contributed by atoms with E-state index in [4.69, 9.17) is 9.47 Å². The summed E-state index contributed by atoms with van der Waals surface area (Å²) in [6, 6.07) is 5.09. The van der Waals surface area contributed by atoms with E-state index >= 15 is 0 Å². The summed E-state index contributed by atoms with van der Waals surface area (Å²) < 4.78 is 10.5. The quantitative estimate of drug-likeness (QED) is 0.471. The Morgan fingerprint density at radius 3 is 2.91 bits per heavy atom. The summed E-state index contributed by atoms with van der Waals surface area (Å²) >= 11 is 0. The van der Waals surface area contributed by atoms with E-state index in [0.717, 1.165) is 19.3 Å². The Morgan fingerprint density at radius 1 is 1.35 bits per heavy atom. The predicted molar refractivity (Wildman–Crippen MR) is 91.0 cm³/mol. The standard InChI is InChI=1S/C18H24N2O3/c1-13(2)5-4-6-14(3)9-10-19-20-18(21)15-7-8-16-17(11-15)23-12-22-16/h5,7-8,10-11,14H,4,6,9,12H2,1-3H3,(H,20,21)/b19-10-/t14-/m1/s1. The van der Waals surface area contributed by atoms with Gasteiger partial charge in [0, 0.05) is 11.8 Å². The van der Waals surface area contributed by atoms with Gasteiger partial charge in [0.1, 0.15) is 0 Å². The lowest BCUT2D eigenvalue weighted by Gasteiger charge is -2.06. The second kappa shape index (κ2) is 8.36. The van der Waals surface area contributed by atoms with E-state index in [1.54, 1.807) is 24.4 Å². The van der Waals surface area contributed by atoms with Crippen molar-refractivity contribution in [2.45, 2.75) is 40.0 Å². The highest BCUT2D eigenvalue weighted by molar-refractivity contribution is 5.95. The van der Waals surface area contributed by atoms with Gasteiger partial charge in [-0.2, -0.15) is 5.10 Å². The second-order valence-corrected chi connectivity index (χ2v) is 6.02. The van der Waals surface area contributed by atoms with Gasteiger partial charge in [-0.05, 0) is 57.2 Å². The van der Waals surface area contributed by atoms with Crippen molar-refractivity contribution in [1.29, 1.82) is 0 Å². The van der Waals surface area contributed by atoms with Gasteiger partial charge >= 0.3 is 0 Å². The first-order valence-corrected chi connectivity index (χ1v) is 7.91. The van der Waals surface area contributed by atoms with Crippen molar-refractivity contribution in [2.75, 3.05) is 6.79 Å². The predicted octanol–water partition coefficient (Wildman–Crippen LogP) is 3.90. The zero-order valence-corrected chi connectivity index (χ0v) is 14.0. The van der Waals surface area contributed by atoms with Gasteiger partial charge in [-0.3, -0.25) is 4.79 Å². The summed E-state index contributed by atoms with van der Waals surface area (Å²) in [4.78, 5) is 12.0. The van der Waals surface area contributed by atoms with Crippen LogP contribution in [0.3, 0.4) is 0 Å². The van der Waals surface area contributed by atoms with E-state index in [1.165, 1.54) is 5.57 Å². The molecule has 1 N–H and O–H groups in total. The van der Waals surface area contributed by atoms with E-state index in [9.17, 15) is 4.79 Å². The van der Waals surface area contributed by atoms with Crippen LogP contribution < -0.4 is 14.9 Å². The number of carbonyl (C=O) groups excluding carboxylic acids is 1. The maximum Gasteiger partial charge on any atom is 0.271 e. The molecule has 1 aromatic carbocycles. The molecular formula is C18H24N2O3. The largest absolute Gasteiger partial charge is 0.454 e. The van der Waals surface area contributed by atoms with Crippen LogP contribution in [0.1, 0.15) is 50.4 Å². The summed E-state index contributed by atoms with van der Waals surface area (Å²) in [6.45, 7) is 6.60. The number of fused-ring (bicyclic) bond motifs is 1. The molecule has 23 heavy (non-hydrogen) atoms. The summed E-state index contributed by atoms with van der Waals surface area (Å²) in [5.41, 5.74) is 4.39. The molecule has 1 aliphatic rings. The molecule has 0 aliphatic carbocycles. The highest BCUT2D eigenvalue weighted by atomic mass is 16.7. The van der Waals surface area contributed by atoms with Crippen LogP contribution in [0.5, 0.6) is 11.5 Å². The molecule has 0 saturated carbocycles. The molecule has 1 amide bonds. The number of nitrogens with zero attached hydrogens (tertiary/aromatic N) is 1. The fourth-order valence-electron chi connectivity index (χ4n) is 2.21. The number of rotatable bonds is 7. The summed E-state index contributed by atoms with van der Waals surface area (Å²) in [6.07, 6.45) is 7.05. The Kier molecular flexibility index (Phi) is 6.20. The van der Waals surface area contributed by atoms with E-state index in [1.807, 2.05) is 0 Å². The lowest BCUT2D eigenvalue weighted by molar-refractivity contribution is 0.0954. The minimum Gasteiger partial charge on any atom is -0.454 e. The average Bonchev–Trinajstić information content (AvgIpc) is 2.98. The molecule has 0 bridgehead atoms. The molecule has 2 rings (SSSR count). The smallest absolute Gasteiger partial charge is 0.271 e. The zero-order valence-electron chi connectivity index (χ0n) is 14.0. The zero-order chi connectivity index (χ0) is 16.7. The SMILES string of the molecule is CC(C)=CCC[C@@H](C)C/C=N\NC(=O)c1ccc2c(c1)OCO2. The first kappa shape index (κ1) is 17.1. The van der Waals surface area contributed by atoms with E-state index in [0.29, 0.717) is 23.0 Å². The number of hydrogen-bond donors (Lipinski definition) is 1. The van der Waals surface area contributed by atoms with Crippen molar-refractivity contribution in [3.05, 3.63) is 35.4 Å². The summed E-state index contributed by atoms with van der Waals surface area (Å²) in [5.74, 6) is 1.54. The maximum absolute atomic E-state index is 12.0. The van der Waals surface area contributed by atoms with Crippen LogP contribution in [0.25, 0.3) is 0 Å². The Labute approximate surface area is 137 Å². The van der Waals surface area contributed by atoms with Gasteiger partial charge in [0.2, 0.25) is 6.79 Å². The van der Waals surface area contributed by atoms with Crippen molar-refractivity contribution < 1.29 is 14.3 Å². The van der Waals surface area contributed by atoms with Gasteiger partial charge in [-0.15, -0.1) is 0 Å². The van der Waals surface area contributed by atoms with Crippen molar-refractivity contribution in [3.63, 3.8) is 0 Å². The normalized spacial score (nSPS) is 13.9. The van der Waals surface area contributed by atoms with Crippen LogP contribution >= 0.6 is 0 Å². The minimum atomic E-state index is -0.253. The number of hydrazone groups is 1. The van der Waals surface area contributed by atoms with Crippen LogP contribution in [0.4, 0.5) is 0 Å². The number of hydrogen-bond acceptors (Lipinski definition) is 4. The number of amides is 1. The molecule has 1 heterocycles. The maximum atomic E-state index is 12.0. The topological polar surface area (TPSA) is 59.9 Å². The molecule has 0 fully saturated rings. The third-order valence-electron chi connectivity index (χ3n) is 3.61. The lowest BCUT2D eigenvalue weighted by Crippen LogP contribution is -2.17. The number of allylic oxidation sites excluding steroid dienone is 2. The van der Waals surface area contributed by atoms with Crippen molar-refractivity contribution >= 4 is 12.1 Å². The van der Waals surface area contributed by atoms with Crippen molar-refractivity contribution in [2.24, 2.45) is 11.0 Å². The van der Waals surface area contributed by atoms with Crippen molar-refractivity contribution in [1.82, 2.24) is 5.43 Å². The lowest BCUT2D eigenvalue weighted by atomic mass is 10.0. The van der Waals surface area contributed by atoms with E-state index < -0.39 is 0 Å². The van der Waals surface area contributed by atoms with Gasteiger partial charge in [-0.25, -0.2) is 5.43 Å². The number of carbonyl (C=O) groups is 1. The van der Waals surface area contributed by atoms with Crippen LogP contribution in [0.15, 0.2) is 34.9 Å². The molecule has 1 atom stereocenters. The Bertz CT molecular complexity index is 604. The van der Waals surface area contributed by atoms with Gasteiger partial charge in [-0.1, -0.05) is 18.6 Å². The first-order valence-electron chi connectivity index (χ1n) is 7.91. The van der Waals surface area contributed by atoms with E-state index in [-0.39, 0.29) is 12.7 Å². The fraction of sp³-hybridized carbons (Fsp3) is 0.444. The number of nitrogens with one attached hydrogen (secondary N) is 1. The highest BCUT2D eigenvalue weighted by Gasteiger charge is 2.15. The number of ether oxygens (including phenoxy) is 2. The highest BCUT2D eigenvalue weighted by Crippen LogP contribution is 2.32. The molecule has 1 aliphatic heterocycles. The summed E-state index contributed by atoms with van der Waals surface area (Å²) in [5, 5.41) is 4.01. The summed E-state index contributed by atoms with van der Waals surface area (Å²) in [7, 11) is 0. The molecular weight excluding hydrogens is 292 g/mol. The first-order chi connectivity index (χ1) is 11.1. The molecule has 0 unspecified atom stereocenters. The molecule has 0 radical (unpaired) electrons. The molecule has 0 saturated heterocycles. The van der Waals surface area contributed by atoms with Gasteiger partial charge in [0.05, 0.1) is 0 Å². The van der Waals surface area contributed by atoms with Gasteiger partial charge in [0.25, 0.3) is 5.91 Å². The third-order valence-corrected chi connectivity index (χ3v) is 3.61.